The Morgan fingerprint density at radius 2 is 1.19 bits per heavy atom. The van der Waals surface area contributed by atoms with E-state index in [1.807, 2.05) is 12.1 Å². The van der Waals surface area contributed by atoms with Gasteiger partial charge < -0.3 is 10.2 Å². The SMILES string of the molecule is Oc1ccc(Br)cc1C=N[C@H]1CCCC[C@@H]1N=Cc1cc(Br)ccc1O. The van der Waals surface area contributed by atoms with Crippen molar-refractivity contribution in [3.8, 4) is 11.5 Å². The molecule has 3 rings (SSSR count). The lowest BCUT2D eigenvalue weighted by Gasteiger charge is -2.25. The van der Waals surface area contributed by atoms with Crippen LogP contribution in [0.25, 0.3) is 0 Å². The summed E-state index contributed by atoms with van der Waals surface area (Å²) in [5.41, 5.74) is 1.38. The van der Waals surface area contributed by atoms with Gasteiger partial charge in [-0.05, 0) is 49.2 Å². The summed E-state index contributed by atoms with van der Waals surface area (Å²) in [6.45, 7) is 0. The van der Waals surface area contributed by atoms with Crippen LogP contribution in [0, 0.1) is 0 Å². The minimum atomic E-state index is 0.0766. The number of nitrogens with zero attached hydrogens (tertiary/aromatic N) is 2. The zero-order chi connectivity index (χ0) is 18.5. The second-order valence-corrected chi connectivity index (χ2v) is 8.21. The fourth-order valence-electron chi connectivity index (χ4n) is 3.05. The molecule has 0 unspecified atom stereocenters. The molecule has 0 heterocycles. The number of phenolic OH excluding ortho intramolecular Hbond substituents is 2. The third kappa shape index (κ3) is 4.95. The van der Waals surface area contributed by atoms with Crippen molar-refractivity contribution in [3.63, 3.8) is 0 Å². The number of rotatable bonds is 4. The Kier molecular flexibility index (Phi) is 6.48. The molecule has 0 spiro atoms. The van der Waals surface area contributed by atoms with Gasteiger partial charge in [0.25, 0.3) is 0 Å². The first-order valence-corrected chi connectivity index (χ1v) is 10.1. The lowest BCUT2D eigenvalue weighted by atomic mass is 9.91. The van der Waals surface area contributed by atoms with Crippen LogP contribution in [0.15, 0.2) is 55.3 Å². The molecule has 0 aliphatic heterocycles. The standard InChI is InChI=1S/C20H20Br2N2O2/c21-15-5-7-19(25)13(9-15)11-23-17-3-1-2-4-18(17)24-12-14-10-16(22)6-8-20(14)26/h5-12,17-18,25-26H,1-4H2/t17-,18-/m0/s1. The fourth-order valence-corrected chi connectivity index (χ4v) is 3.81. The topological polar surface area (TPSA) is 65.2 Å². The molecule has 1 fully saturated rings. The van der Waals surface area contributed by atoms with E-state index in [9.17, 15) is 10.2 Å². The van der Waals surface area contributed by atoms with Crippen LogP contribution in [0.3, 0.4) is 0 Å². The molecule has 0 aromatic heterocycles. The maximum atomic E-state index is 9.96. The van der Waals surface area contributed by atoms with Gasteiger partial charge in [-0.3, -0.25) is 9.98 Å². The van der Waals surface area contributed by atoms with Crippen LogP contribution in [0.2, 0.25) is 0 Å². The molecule has 2 N–H and O–H groups in total. The van der Waals surface area contributed by atoms with E-state index in [1.165, 1.54) is 0 Å². The number of aliphatic imine (C=N–C) groups is 2. The van der Waals surface area contributed by atoms with E-state index in [0.717, 1.165) is 34.6 Å². The molecule has 0 saturated heterocycles. The van der Waals surface area contributed by atoms with Crippen LogP contribution in [-0.2, 0) is 0 Å². The van der Waals surface area contributed by atoms with E-state index in [-0.39, 0.29) is 23.6 Å². The smallest absolute Gasteiger partial charge is 0.124 e. The van der Waals surface area contributed by atoms with Crippen molar-refractivity contribution in [2.24, 2.45) is 9.98 Å². The predicted octanol–water partition coefficient (Wildman–Crippen LogP) is 5.47. The maximum Gasteiger partial charge on any atom is 0.124 e. The van der Waals surface area contributed by atoms with E-state index in [1.54, 1.807) is 36.7 Å². The minimum Gasteiger partial charge on any atom is -0.507 e. The van der Waals surface area contributed by atoms with Crippen molar-refractivity contribution in [3.05, 3.63) is 56.5 Å². The first kappa shape index (κ1) is 19.1. The van der Waals surface area contributed by atoms with Crippen LogP contribution in [0.4, 0.5) is 0 Å². The van der Waals surface area contributed by atoms with Gasteiger partial charge in [-0.2, -0.15) is 0 Å². The van der Waals surface area contributed by atoms with Crippen LogP contribution < -0.4 is 0 Å². The van der Waals surface area contributed by atoms with Crippen LogP contribution >= 0.6 is 31.9 Å². The fraction of sp³-hybridized carbons (Fsp3) is 0.300. The van der Waals surface area contributed by atoms with Crippen LogP contribution in [-0.4, -0.2) is 34.7 Å². The van der Waals surface area contributed by atoms with Crippen LogP contribution in [0.5, 0.6) is 11.5 Å². The predicted molar refractivity (Wildman–Crippen MR) is 113 cm³/mol. The Labute approximate surface area is 170 Å². The van der Waals surface area contributed by atoms with Crippen molar-refractivity contribution in [1.82, 2.24) is 0 Å². The van der Waals surface area contributed by atoms with E-state index < -0.39 is 0 Å². The second kappa shape index (κ2) is 8.82. The summed E-state index contributed by atoms with van der Waals surface area (Å²) in [5.74, 6) is 0.429. The second-order valence-electron chi connectivity index (χ2n) is 6.38. The molecule has 4 nitrogen and oxygen atoms in total. The van der Waals surface area contributed by atoms with Gasteiger partial charge in [0.15, 0.2) is 0 Å². The molecule has 6 heteroatoms. The molecule has 1 aliphatic carbocycles. The Morgan fingerprint density at radius 3 is 1.62 bits per heavy atom. The van der Waals surface area contributed by atoms with Gasteiger partial charge in [-0.1, -0.05) is 44.7 Å². The summed E-state index contributed by atoms with van der Waals surface area (Å²) < 4.78 is 1.81. The average Bonchev–Trinajstić information content (AvgIpc) is 2.64. The van der Waals surface area contributed by atoms with Gasteiger partial charge in [-0.25, -0.2) is 0 Å². The summed E-state index contributed by atoms with van der Waals surface area (Å²) in [6.07, 6.45) is 7.65. The number of halogens is 2. The lowest BCUT2D eigenvalue weighted by Crippen LogP contribution is -2.27. The number of aromatic hydroxyl groups is 2. The molecule has 2 aromatic rings. The molecule has 136 valence electrons. The van der Waals surface area contributed by atoms with Crippen molar-refractivity contribution < 1.29 is 10.2 Å². The maximum absolute atomic E-state index is 9.96. The Morgan fingerprint density at radius 1 is 0.769 bits per heavy atom. The molecule has 0 amide bonds. The molecule has 0 bridgehead atoms. The molecular weight excluding hydrogens is 460 g/mol. The molecule has 26 heavy (non-hydrogen) atoms. The molecular formula is C20H20Br2N2O2. The monoisotopic (exact) mass is 478 g/mol. The molecule has 2 aromatic carbocycles. The summed E-state index contributed by atoms with van der Waals surface area (Å²) in [5, 5.41) is 19.9. The summed E-state index contributed by atoms with van der Waals surface area (Å²) in [4.78, 5) is 9.40. The highest BCUT2D eigenvalue weighted by atomic mass is 79.9. The molecule has 1 aliphatic rings. The molecule has 1 saturated carbocycles. The first-order valence-electron chi connectivity index (χ1n) is 8.56. The highest BCUT2D eigenvalue weighted by molar-refractivity contribution is 9.10. The third-order valence-electron chi connectivity index (χ3n) is 4.48. The quantitative estimate of drug-likeness (QED) is 0.571. The number of phenols is 2. The van der Waals surface area contributed by atoms with Gasteiger partial charge in [0.2, 0.25) is 0 Å². The van der Waals surface area contributed by atoms with Crippen molar-refractivity contribution in [1.29, 1.82) is 0 Å². The number of hydrogen-bond donors (Lipinski definition) is 2. The zero-order valence-corrected chi connectivity index (χ0v) is 17.3. The van der Waals surface area contributed by atoms with Gasteiger partial charge >= 0.3 is 0 Å². The lowest BCUT2D eigenvalue weighted by molar-refractivity contribution is 0.390. The Hall–Kier alpha value is -1.66. The summed E-state index contributed by atoms with van der Waals surface area (Å²) in [6, 6.07) is 10.7. The van der Waals surface area contributed by atoms with E-state index in [0.29, 0.717) is 11.1 Å². The van der Waals surface area contributed by atoms with Gasteiger partial charge in [0.05, 0.1) is 12.1 Å². The zero-order valence-electron chi connectivity index (χ0n) is 14.1. The summed E-state index contributed by atoms with van der Waals surface area (Å²) >= 11 is 6.83. The number of hydrogen-bond acceptors (Lipinski definition) is 4. The Bertz CT molecular complexity index is 767. The van der Waals surface area contributed by atoms with Crippen molar-refractivity contribution >= 4 is 44.3 Å². The minimum absolute atomic E-state index is 0.0766. The number of benzene rings is 2. The van der Waals surface area contributed by atoms with E-state index in [2.05, 4.69) is 31.9 Å². The third-order valence-corrected chi connectivity index (χ3v) is 5.47. The van der Waals surface area contributed by atoms with Gasteiger partial charge in [0, 0.05) is 32.5 Å². The van der Waals surface area contributed by atoms with E-state index >= 15 is 0 Å². The highest BCUT2D eigenvalue weighted by Gasteiger charge is 2.23. The van der Waals surface area contributed by atoms with Gasteiger partial charge in [0.1, 0.15) is 11.5 Å². The highest BCUT2D eigenvalue weighted by Crippen LogP contribution is 2.26. The first-order chi connectivity index (χ1) is 12.5. The Balaban J connectivity index is 1.77. The summed E-state index contributed by atoms with van der Waals surface area (Å²) in [7, 11) is 0. The largest absolute Gasteiger partial charge is 0.507 e. The van der Waals surface area contributed by atoms with Crippen molar-refractivity contribution in [2.75, 3.05) is 0 Å². The van der Waals surface area contributed by atoms with E-state index in [4.69, 9.17) is 9.98 Å². The normalized spacial score (nSPS) is 20.8. The van der Waals surface area contributed by atoms with Gasteiger partial charge in [-0.15, -0.1) is 0 Å². The average molecular weight is 480 g/mol. The molecule has 2 atom stereocenters. The van der Waals surface area contributed by atoms with Crippen molar-refractivity contribution in [2.45, 2.75) is 37.8 Å². The molecule has 0 radical (unpaired) electrons. The van der Waals surface area contributed by atoms with Crippen LogP contribution in [0.1, 0.15) is 36.8 Å².